The summed E-state index contributed by atoms with van der Waals surface area (Å²) in [6.45, 7) is -0.276. The highest BCUT2D eigenvalue weighted by Gasteiger charge is 2.43. The van der Waals surface area contributed by atoms with Crippen molar-refractivity contribution in [2.75, 3.05) is 13.2 Å². The molecule has 0 bridgehead atoms. The number of hydrogen-bond acceptors (Lipinski definition) is 2. The Morgan fingerprint density at radius 1 is 1.45 bits per heavy atom. The summed E-state index contributed by atoms with van der Waals surface area (Å²) in [6, 6.07) is -0.373. The summed E-state index contributed by atoms with van der Waals surface area (Å²) >= 11 is 0. The van der Waals surface area contributed by atoms with Gasteiger partial charge >= 0.3 is 6.18 Å². The molecule has 1 fully saturated rings. The first-order valence-corrected chi connectivity index (χ1v) is 3.45. The van der Waals surface area contributed by atoms with Gasteiger partial charge in [0.2, 0.25) is 0 Å². The molecule has 2 N–H and O–H groups in total. The summed E-state index contributed by atoms with van der Waals surface area (Å²) in [5.74, 6) is -1.28. The zero-order valence-electron chi connectivity index (χ0n) is 5.86. The Hall–Kier alpha value is -0.290. The summed E-state index contributed by atoms with van der Waals surface area (Å²) in [4.78, 5) is 0. The lowest BCUT2D eigenvalue weighted by molar-refractivity contribution is -0.169. The van der Waals surface area contributed by atoms with E-state index in [1.807, 2.05) is 0 Å². The Kier molecular flexibility index (Phi) is 2.39. The van der Waals surface area contributed by atoms with Gasteiger partial charge in [-0.2, -0.15) is 13.2 Å². The van der Waals surface area contributed by atoms with Crippen LogP contribution in [0, 0.1) is 5.92 Å². The lowest BCUT2D eigenvalue weighted by Gasteiger charge is -2.12. The third-order valence-corrected chi connectivity index (χ3v) is 1.91. The minimum Gasteiger partial charge on any atom is -0.395 e. The molecule has 5 heteroatoms. The van der Waals surface area contributed by atoms with Gasteiger partial charge in [0.25, 0.3) is 0 Å². The van der Waals surface area contributed by atoms with Crippen molar-refractivity contribution in [1.82, 2.24) is 5.32 Å². The van der Waals surface area contributed by atoms with Crippen LogP contribution in [0.5, 0.6) is 0 Å². The molecule has 2 atom stereocenters. The largest absolute Gasteiger partial charge is 0.395 e. The molecule has 1 heterocycles. The molecule has 2 unspecified atom stereocenters. The van der Waals surface area contributed by atoms with Gasteiger partial charge in [-0.05, 0) is 6.42 Å². The van der Waals surface area contributed by atoms with Crippen molar-refractivity contribution in [2.45, 2.75) is 18.6 Å². The van der Waals surface area contributed by atoms with Crippen LogP contribution in [-0.4, -0.2) is 30.5 Å². The van der Waals surface area contributed by atoms with Gasteiger partial charge in [0.15, 0.2) is 0 Å². The Morgan fingerprint density at radius 3 is 2.36 bits per heavy atom. The van der Waals surface area contributed by atoms with Crippen LogP contribution < -0.4 is 5.32 Å². The SMILES string of the molecule is OCC1CC(C(F)(F)F)CN1. The highest BCUT2D eigenvalue weighted by atomic mass is 19.4. The van der Waals surface area contributed by atoms with Crippen LogP contribution in [-0.2, 0) is 0 Å². The normalized spacial score (nSPS) is 32.7. The first-order valence-electron chi connectivity index (χ1n) is 3.45. The lowest BCUT2D eigenvalue weighted by Crippen LogP contribution is -2.25. The summed E-state index contributed by atoms with van der Waals surface area (Å²) in [5, 5.41) is 11.1. The smallest absolute Gasteiger partial charge is 0.393 e. The molecule has 0 aliphatic carbocycles. The lowest BCUT2D eigenvalue weighted by atomic mass is 10.1. The van der Waals surface area contributed by atoms with Gasteiger partial charge in [-0.15, -0.1) is 0 Å². The molecule has 11 heavy (non-hydrogen) atoms. The van der Waals surface area contributed by atoms with Gasteiger partial charge in [-0.3, -0.25) is 0 Å². The number of alkyl halides is 3. The molecule has 1 aliphatic heterocycles. The quantitative estimate of drug-likeness (QED) is 0.599. The van der Waals surface area contributed by atoms with E-state index < -0.39 is 12.1 Å². The van der Waals surface area contributed by atoms with Crippen molar-refractivity contribution >= 4 is 0 Å². The van der Waals surface area contributed by atoms with Crippen molar-refractivity contribution < 1.29 is 18.3 Å². The highest BCUT2D eigenvalue weighted by molar-refractivity contribution is 4.84. The minimum atomic E-state index is -4.11. The van der Waals surface area contributed by atoms with Crippen molar-refractivity contribution in [1.29, 1.82) is 0 Å². The predicted molar refractivity (Wildman–Crippen MR) is 33.0 cm³/mol. The fourth-order valence-electron chi connectivity index (χ4n) is 1.21. The molecular formula is C6H10F3NO. The Labute approximate surface area is 62.4 Å². The third-order valence-electron chi connectivity index (χ3n) is 1.91. The van der Waals surface area contributed by atoms with Crippen molar-refractivity contribution in [3.8, 4) is 0 Å². The van der Waals surface area contributed by atoms with Crippen LogP contribution in [0.3, 0.4) is 0 Å². The van der Waals surface area contributed by atoms with E-state index >= 15 is 0 Å². The van der Waals surface area contributed by atoms with Gasteiger partial charge in [0.05, 0.1) is 12.5 Å². The first kappa shape index (κ1) is 8.80. The van der Waals surface area contributed by atoms with E-state index in [0.717, 1.165) is 0 Å². The Balaban J connectivity index is 2.42. The molecule has 2 nitrogen and oxygen atoms in total. The zero-order chi connectivity index (χ0) is 8.48. The van der Waals surface area contributed by atoms with Crippen LogP contribution in [0.15, 0.2) is 0 Å². The molecule has 0 aromatic rings. The number of aliphatic hydroxyl groups is 1. The van der Waals surface area contributed by atoms with E-state index in [0.29, 0.717) is 0 Å². The molecule has 1 saturated heterocycles. The maximum Gasteiger partial charge on any atom is 0.393 e. The molecular weight excluding hydrogens is 159 g/mol. The Morgan fingerprint density at radius 2 is 2.09 bits per heavy atom. The third kappa shape index (κ3) is 2.07. The predicted octanol–water partition coefficient (Wildman–Crippen LogP) is 0.519. The van der Waals surface area contributed by atoms with E-state index in [1.54, 1.807) is 0 Å². The second-order valence-electron chi connectivity index (χ2n) is 2.76. The molecule has 0 radical (unpaired) electrons. The monoisotopic (exact) mass is 169 g/mol. The maximum atomic E-state index is 11.9. The second-order valence-corrected chi connectivity index (χ2v) is 2.76. The van der Waals surface area contributed by atoms with Crippen LogP contribution >= 0.6 is 0 Å². The van der Waals surface area contributed by atoms with Gasteiger partial charge < -0.3 is 10.4 Å². The Bertz CT molecular complexity index is 136. The maximum absolute atomic E-state index is 11.9. The van der Waals surface area contributed by atoms with Crippen LogP contribution in [0.25, 0.3) is 0 Å². The van der Waals surface area contributed by atoms with E-state index in [9.17, 15) is 13.2 Å². The van der Waals surface area contributed by atoms with Crippen molar-refractivity contribution in [3.05, 3.63) is 0 Å². The second kappa shape index (κ2) is 2.98. The first-order chi connectivity index (χ1) is 5.04. The molecule has 1 aliphatic rings. The molecule has 66 valence electrons. The van der Waals surface area contributed by atoms with Crippen molar-refractivity contribution in [3.63, 3.8) is 0 Å². The summed E-state index contributed by atoms with van der Waals surface area (Å²) < 4.78 is 35.8. The summed E-state index contributed by atoms with van der Waals surface area (Å²) in [5.41, 5.74) is 0. The van der Waals surface area contributed by atoms with E-state index in [1.165, 1.54) is 0 Å². The van der Waals surface area contributed by atoms with Gasteiger partial charge in [0.1, 0.15) is 0 Å². The number of rotatable bonds is 1. The van der Waals surface area contributed by atoms with Gasteiger partial charge in [-0.25, -0.2) is 0 Å². The van der Waals surface area contributed by atoms with Crippen LogP contribution in [0.2, 0.25) is 0 Å². The topological polar surface area (TPSA) is 32.3 Å². The molecule has 1 rings (SSSR count). The molecule has 0 saturated carbocycles. The van der Waals surface area contributed by atoms with Crippen molar-refractivity contribution in [2.24, 2.45) is 5.92 Å². The number of nitrogens with one attached hydrogen (secondary N) is 1. The average Bonchev–Trinajstić information content (AvgIpc) is 2.32. The highest BCUT2D eigenvalue weighted by Crippen LogP contribution is 2.32. The van der Waals surface area contributed by atoms with Crippen LogP contribution in [0.4, 0.5) is 13.2 Å². The standard InChI is InChI=1S/C6H10F3NO/c7-6(8,9)4-1-5(3-11)10-2-4/h4-5,10-11H,1-3H2. The minimum absolute atomic E-state index is 0. The number of aliphatic hydroxyl groups excluding tert-OH is 1. The number of halogens is 3. The summed E-state index contributed by atoms with van der Waals surface area (Å²) in [7, 11) is 0. The van der Waals surface area contributed by atoms with E-state index in [2.05, 4.69) is 5.32 Å². The van der Waals surface area contributed by atoms with E-state index in [-0.39, 0.29) is 25.6 Å². The van der Waals surface area contributed by atoms with E-state index in [4.69, 9.17) is 5.11 Å². The summed E-state index contributed by atoms with van der Waals surface area (Å²) in [6.07, 6.45) is -4.11. The molecule has 0 aromatic carbocycles. The van der Waals surface area contributed by atoms with Crippen LogP contribution in [0.1, 0.15) is 6.42 Å². The fraction of sp³-hybridized carbons (Fsp3) is 1.00. The molecule has 0 aromatic heterocycles. The van der Waals surface area contributed by atoms with Gasteiger partial charge in [0, 0.05) is 12.6 Å². The van der Waals surface area contributed by atoms with Gasteiger partial charge in [-0.1, -0.05) is 0 Å². The fourth-order valence-corrected chi connectivity index (χ4v) is 1.21. The average molecular weight is 169 g/mol. The molecule has 0 amide bonds. The zero-order valence-corrected chi connectivity index (χ0v) is 5.86. The number of hydrogen-bond donors (Lipinski definition) is 2. The molecule has 0 spiro atoms.